The van der Waals surface area contributed by atoms with Gasteiger partial charge in [0.05, 0.1) is 12.2 Å². The van der Waals surface area contributed by atoms with Gasteiger partial charge in [0.2, 0.25) is 0 Å². The zero-order chi connectivity index (χ0) is 15.1. The number of carboxylic acids is 1. The van der Waals surface area contributed by atoms with E-state index >= 15 is 0 Å². The fraction of sp³-hybridized carbons (Fsp3) is 0.0625. The zero-order valence-electron chi connectivity index (χ0n) is 11.2. The predicted octanol–water partition coefficient (Wildman–Crippen LogP) is 2.11. The second kappa shape index (κ2) is 7.00. The van der Waals surface area contributed by atoms with E-state index in [1.165, 1.54) is 6.08 Å². The van der Waals surface area contributed by atoms with Crippen molar-refractivity contribution in [3.05, 3.63) is 71.6 Å². The van der Waals surface area contributed by atoms with Crippen LogP contribution in [0.15, 0.2) is 54.7 Å². The normalized spacial score (nSPS) is 10.5. The minimum Gasteiger partial charge on any atom is -0.478 e. The van der Waals surface area contributed by atoms with Crippen molar-refractivity contribution in [2.45, 2.75) is 6.54 Å². The van der Waals surface area contributed by atoms with Crippen molar-refractivity contribution in [3.63, 3.8) is 0 Å². The average molecular weight is 282 g/mol. The van der Waals surface area contributed by atoms with E-state index in [1.54, 1.807) is 30.5 Å². The zero-order valence-corrected chi connectivity index (χ0v) is 11.2. The highest BCUT2D eigenvalue weighted by molar-refractivity contribution is 5.95. The molecule has 0 fully saturated rings. The number of nitrogens with zero attached hydrogens (tertiary/aromatic N) is 1. The Bertz CT molecular complexity index is 666. The summed E-state index contributed by atoms with van der Waals surface area (Å²) in [5, 5.41) is 11.4. The van der Waals surface area contributed by atoms with Gasteiger partial charge in [-0.1, -0.05) is 18.2 Å². The van der Waals surface area contributed by atoms with Crippen LogP contribution >= 0.6 is 0 Å². The molecule has 0 radical (unpaired) electrons. The summed E-state index contributed by atoms with van der Waals surface area (Å²) in [5.41, 5.74) is 1.90. The largest absolute Gasteiger partial charge is 0.478 e. The number of rotatable bonds is 5. The van der Waals surface area contributed by atoms with E-state index in [0.29, 0.717) is 17.7 Å². The standard InChI is InChI=1S/C16H14N2O3/c19-15(20)8-7-12-4-3-5-13(10-12)16(21)18-11-14-6-1-2-9-17-14/h1-10H,11H2,(H,18,21)(H,19,20). The summed E-state index contributed by atoms with van der Waals surface area (Å²) in [6.45, 7) is 0.342. The van der Waals surface area contributed by atoms with E-state index in [0.717, 1.165) is 11.8 Å². The van der Waals surface area contributed by atoms with Crippen LogP contribution in [-0.4, -0.2) is 22.0 Å². The number of aliphatic carboxylic acids is 1. The Morgan fingerprint density at radius 2 is 2.05 bits per heavy atom. The Hall–Kier alpha value is -2.95. The molecule has 0 spiro atoms. The third kappa shape index (κ3) is 4.58. The van der Waals surface area contributed by atoms with Gasteiger partial charge in [-0.15, -0.1) is 0 Å². The fourth-order valence-corrected chi connectivity index (χ4v) is 1.73. The topological polar surface area (TPSA) is 79.3 Å². The van der Waals surface area contributed by atoms with Gasteiger partial charge in [0.25, 0.3) is 5.91 Å². The lowest BCUT2D eigenvalue weighted by Crippen LogP contribution is -2.23. The first-order chi connectivity index (χ1) is 10.1. The van der Waals surface area contributed by atoms with Gasteiger partial charge in [0.1, 0.15) is 0 Å². The van der Waals surface area contributed by atoms with Crippen molar-refractivity contribution in [2.24, 2.45) is 0 Å². The summed E-state index contributed by atoms with van der Waals surface area (Å²) >= 11 is 0. The maximum Gasteiger partial charge on any atom is 0.328 e. The van der Waals surface area contributed by atoms with Gasteiger partial charge in [-0.2, -0.15) is 0 Å². The van der Waals surface area contributed by atoms with Crippen molar-refractivity contribution in [1.29, 1.82) is 0 Å². The second-order valence-electron chi connectivity index (χ2n) is 4.30. The van der Waals surface area contributed by atoms with Gasteiger partial charge in [-0.25, -0.2) is 4.79 Å². The molecule has 1 amide bonds. The van der Waals surface area contributed by atoms with E-state index in [9.17, 15) is 9.59 Å². The highest BCUT2D eigenvalue weighted by Gasteiger charge is 2.05. The van der Waals surface area contributed by atoms with Gasteiger partial charge >= 0.3 is 5.97 Å². The highest BCUT2D eigenvalue weighted by atomic mass is 16.4. The molecular formula is C16H14N2O3. The summed E-state index contributed by atoms with van der Waals surface area (Å²) in [7, 11) is 0. The summed E-state index contributed by atoms with van der Waals surface area (Å²) in [4.78, 5) is 26.6. The van der Waals surface area contributed by atoms with Gasteiger partial charge in [0.15, 0.2) is 0 Å². The van der Waals surface area contributed by atoms with Crippen LogP contribution in [-0.2, 0) is 11.3 Å². The second-order valence-corrected chi connectivity index (χ2v) is 4.30. The maximum atomic E-state index is 12.0. The quantitative estimate of drug-likeness (QED) is 0.823. The molecule has 0 saturated carbocycles. The molecule has 1 heterocycles. The molecule has 0 aliphatic carbocycles. The molecule has 2 aromatic rings. The molecule has 106 valence electrons. The lowest BCUT2D eigenvalue weighted by molar-refractivity contribution is -0.131. The monoisotopic (exact) mass is 282 g/mol. The highest BCUT2D eigenvalue weighted by Crippen LogP contribution is 2.07. The van der Waals surface area contributed by atoms with Crippen molar-refractivity contribution >= 4 is 18.0 Å². The third-order valence-electron chi connectivity index (χ3n) is 2.72. The number of hydrogen-bond acceptors (Lipinski definition) is 3. The molecule has 5 heteroatoms. The Morgan fingerprint density at radius 3 is 2.76 bits per heavy atom. The van der Waals surface area contributed by atoms with Crippen molar-refractivity contribution in [3.8, 4) is 0 Å². The maximum absolute atomic E-state index is 12.0. The summed E-state index contributed by atoms with van der Waals surface area (Å²) in [6, 6.07) is 12.2. The Labute approximate surface area is 122 Å². The predicted molar refractivity (Wildman–Crippen MR) is 78.5 cm³/mol. The molecule has 0 aliphatic rings. The molecule has 0 bridgehead atoms. The van der Waals surface area contributed by atoms with Gasteiger partial charge < -0.3 is 10.4 Å². The minimum atomic E-state index is -1.03. The van der Waals surface area contributed by atoms with Crippen LogP contribution in [0.2, 0.25) is 0 Å². The Kier molecular flexibility index (Phi) is 4.82. The van der Waals surface area contributed by atoms with Crippen LogP contribution in [0.25, 0.3) is 6.08 Å². The first-order valence-corrected chi connectivity index (χ1v) is 6.34. The van der Waals surface area contributed by atoms with Crippen LogP contribution in [0.1, 0.15) is 21.6 Å². The Balaban J connectivity index is 2.02. The van der Waals surface area contributed by atoms with Crippen LogP contribution in [0, 0.1) is 0 Å². The fourth-order valence-electron chi connectivity index (χ4n) is 1.73. The van der Waals surface area contributed by atoms with Crippen molar-refractivity contribution < 1.29 is 14.7 Å². The summed E-state index contributed by atoms with van der Waals surface area (Å²) < 4.78 is 0. The summed E-state index contributed by atoms with van der Waals surface area (Å²) in [5.74, 6) is -1.26. The smallest absolute Gasteiger partial charge is 0.328 e. The molecular weight excluding hydrogens is 268 g/mol. The molecule has 21 heavy (non-hydrogen) atoms. The molecule has 1 aromatic carbocycles. The average Bonchev–Trinajstić information content (AvgIpc) is 2.52. The van der Waals surface area contributed by atoms with Crippen molar-refractivity contribution in [2.75, 3.05) is 0 Å². The van der Waals surface area contributed by atoms with E-state index in [-0.39, 0.29) is 5.91 Å². The van der Waals surface area contributed by atoms with Crippen LogP contribution in [0.5, 0.6) is 0 Å². The number of pyridine rings is 1. The number of nitrogens with one attached hydrogen (secondary N) is 1. The number of carbonyl (C=O) groups excluding carboxylic acids is 1. The third-order valence-corrected chi connectivity index (χ3v) is 2.72. The molecule has 0 saturated heterocycles. The number of amides is 1. The van der Waals surface area contributed by atoms with Crippen molar-refractivity contribution in [1.82, 2.24) is 10.3 Å². The summed E-state index contributed by atoms with van der Waals surface area (Å²) in [6.07, 6.45) is 4.14. The lowest BCUT2D eigenvalue weighted by atomic mass is 10.1. The minimum absolute atomic E-state index is 0.230. The Morgan fingerprint density at radius 1 is 1.19 bits per heavy atom. The van der Waals surface area contributed by atoms with E-state index in [4.69, 9.17) is 5.11 Å². The van der Waals surface area contributed by atoms with Gasteiger partial charge in [-0.05, 0) is 35.9 Å². The molecule has 0 aliphatic heterocycles. The number of aromatic nitrogens is 1. The number of benzene rings is 1. The molecule has 1 aromatic heterocycles. The SMILES string of the molecule is O=C(O)C=Cc1cccc(C(=O)NCc2ccccn2)c1. The van der Waals surface area contributed by atoms with E-state index < -0.39 is 5.97 Å². The van der Waals surface area contributed by atoms with Crippen LogP contribution in [0.3, 0.4) is 0 Å². The number of carboxylic acid groups (broad SMARTS) is 1. The molecule has 0 atom stereocenters. The molecule has 0 unspecified atom stereocenters. The first kappa shape index (κ1) is 14.5. The van der Waals surface area contributed by atoms with Crippen LogP contribution in [0.4, 0.5) is 0 Å². The number of carbonyl (C=O) groups is 2. The molecule has 5 nitrogen and oxygen atoms in total. The van der Waals surface area contributed by atoms with E-state index in [1.807, 2.05) is 18.2 Å². The van der Waals surface area contributed by atoms with Gasteiger partial charge in [0, 0.05) is 17.8 Å². The molecule has 2 N–H and O–H groups in total. The van der Waals surface area contributed by atoms with Crippen LogP contribution < -0.4 is 5.32 Å². The first-order valence-electron chi connectivity index (χ1n) is 6.34. The van der Waals surface area contributed by atoms with Gasteiger partial charge in [-0.3, -0.25) is 9.78 Å². The van der Waals surface area contributed by atoms with E-state index in [2.05, 4.69) is 10.3 Å². The number of hydrogen-bond donors (Lipinski definition) is 2. The lowest BCUT2D eigenvalue weighted by Gasteiger charge is -2.05. The molecule has 2 rings (SSSR count).